The number of carboxylic acid groups (broad SMARTS) is 1. The number of aliphatic hydroxyl groups is 1. The minimum Gasteiger partial charge on any atom is -0.545 e. The number of aromatic nitrogens is 2. The van der Waals surface area contributed by atoms with Crippen molar-refractivity contribution >= 4 is 18.1 Å². The summed E-state index contributed by atoms with van der Waals surface area (Å²) >= 11 is 0. The van der Waals surface area contributed by atoms with Gasteiger partial charge in [-0.25, -0.2) is 4.98 Å². The van der Waals surface area contributed by atoms with Gasteiger partial charge in [0.25, 0.3) is 0 Å². The number of nitrogens with one attached hydrogen (secondary N) is 1. The largest absolute Gasteiger partial charge is 1.00 e. The van der Waals surface area contributed by atoms with Crippen molar-refractivity contribution in [3.63, 3.8) is 0 Å². The van der Waals surface area contributed by atoms with Crippen LogP contribution in [0.3, 0.4) is 0 Å². The minimum absolute atomic E-state index is 0. The van der Waals surface area contributed by atoms with Crippen molar-refractivity contribution in [2.75, 3.05) is 11.9 Å². The summed E-state index contributed by atoms with van der Waals surface area (Å²) in [4.78, 5) is 19.0. The molecular weight excluding hydrogens is 319 g/mol. The molecule has 0 amide bonds. The van der Waals surface area contributed by atoms with Gasteiger partial charge in [-0.15, -0.1) is 0 Å². The monoisotopic (exact) mass is 332 g/mol. The number of imidazole rings is 1. The van der Waals surface area contributed by atoms with Crippen LogP contribution in [0.4, 0.5) is 5.82 Å². The molecule has 2 aromatic rings. The Labute approximate surface area is 160 Å². The number of nitrogens with zero attached hydrogens (tertiary/aromatic N) is 3. The SMILES string of the molecule is O=C([O-])c1cccc(C#CCn2cnc3c2NC=NCC3O)c1.[Na+]. The Morgan fingerprint density at radius 3 is 3.12 bits per heavy atom. The second-order valence-corrected chi connectivity index (χ2v) is 4.93. The third-order valence-corrected chi connectivity index (χ3v) is 3.33. The first-order chi connectivity index (χ1) is 11.1. The zero-order valence-corrected chi connectivity index (χ0v) is 15.1. The van der Waals surface area contributed by atoms with E-state index in [0.717, 1.165) is 0 Å². The van der Waals surface area contributed by atoms with Gasteiger partial charge in [-0.3, -0.25) is 4.99 Å². The average molecular weight is 332 g/mol. The third-order valence-electron chi connectivity index (χ3n) is 3.33. The molecule has 0 saturated carbocycles. The Morgan fingerprint density at radius 1 is 1.50 bits per heavy atom. The number of benzene rings is 1. The Morgan fingerprint density at radius 2 is 2.33 bits per heavy atom. The molecule has 1 aliphatic heterocycles. The summed E-state index contributed by atoms with van der Waals surface area (Å²) in [5, 5.41) is 23.7. The molecule has 7 nitrogen and oxygen atoms in total. The van der Waals surface area contributed by atoms with Crippen LogP contribution in [0, 0.1) is 11.8 Å². The summed E-state index contributed by atoms with van der Waals surface area (Å²) in [5.41, 5.74) is 1.21. The van der Waals surface area contributed by atoms with Gasteiger partial charge >= 0.3 is 29.6 Å². The van der Waals surface area contributed by atoms with Crippen LogP contribution in [0.2, 0.25) is 0 Å². The van der Waals surface area contributed by atoms with Gasteiger partial charge in [0.15, 0.2) is 0 Å². The predicted molar refractivity (Wildman–Crippen MR) is 81.8 cm³/mol. The Bertz CT molecular complexity index is 835. The number of carbonyl (C=O) groups excluding carboxylic acids is 1. The van der Waals surface area contributed by atoms with E-state index in [2.05, 4.69) is 27.1 Å². The first-order valence-corrected chi connectivity index (χ1v) is 6.93. The number of aromatic carboxylic acids is 1. The molecule has 3 rings (SSSR count). The molecule has 0 radical (unpaired) electrons. The first kappa shape index (κ1) is 18.2. The molecule has 2 heterocycles. The van der Waals surface area contributed by atoms with E-state index in [4.69, 9.17) is 0 Å². The molecule has 1 aromatic carbocycles. The maximum atomic E-state index is 10.8. The molecule has 0 bridgehead atoms. The molecule has 2 N–H and O–H groups in total. The van der Waals surface area contributed by atoms with Crippen LogP contribution >= 0.6 is 0 Å². The molecule has 0 saturated heterocycles. The summed E-state index contributed by atoms with van der Waals surface area (Å²) in [5.74, 6) is 5.27. The fourth-order valence-electron chi connectivity index (χ4n) is 2.21. The average Bonchev–Trinajstić information content (AvgIpc) is 2.85. The van der Waals surface area contributed by atoms with E-state index < -0.39 is 12.1 Å². The van der Waals surface area contributed by atoms with Crippen molar-refractivity contribution in [2.45, 2.75) is 12.6 Å². The van der Waals surface area contributed by atoms with Gasteiger partial charge in [0.2, 0.25) is 0 Å². The summed E-state index contributed by atoms with van der Waals surface area (Å²) in [7, 11) is 0. The zero-order valence-electron chi connectivity index (χ0n) is 13.1. The van der Waals surface area contributed by atoms with Crippen LogP contribution in [0.25, 0.3) is 0 Å². The van der Waals surface area contributed by atoms with Crippen molar-refractivity contribution in [1.29, 1.82) is 0 Å². The number of aliphatic hydroxyl groups excluding tert-OH is 1. The van der Waals surface area contributed by atoms with Crippen LogP contribution in [-0.2, 0) is 6.54 Å². The standard InChI is InChI=1S/C16H14N4O3.Na/c21-13-8-17-9-18-15-14(13)19-10-20(15)6-2-4-11-3-1-5-12(7-11)16(22)23;/h1,3,5,7,9-10,13,21H,6,8H2,(H,17,18)(H,22,23);/q;+1/p-1. The topological polar surface area (TPSA) is 103 Å². The van der Waals surface area contributed by atoms with Gasteiger partial charge in [-0.1, -0.05) is 24.0 Å². The zero-order chi connectivity index (χ0) is 16.2. The van der Waals surface area contributed by atoms with Crippen LogP contribution in [0.15, 0.2) is 35.6 Å². The van der Waals surface area contributed by atoms with E-state index in [9.17, 15) is 15.0 Å². The van der Waals surface area contributed by atoms with E-state index >= 15 is 0 Å². The van der Waals surface area contributed by atoms with Gasteiger partial charge in [-0.2, -0.15) is 0 Å². The maximum Gasteiger partial charge on any atom is 1.00 e. The van der Waals surface area contributed by atoms with E-state index in [-0.39, 0.29) is 41.7 Å². The summed E-state index contributed by atoms with van der Waals surface area (Å²) in [6.07, 6.45) is 2.36. The summed E-state index contributed by atoms with van der Waals surface area (Å²) in [6.45, 7) is 0.601. The van der Waals surface area contributed by atoms with Gasteiger partial charge < -0.3 is 24.9 Å². The summed E-state index contributed by atoms with van der Waals surface area (Å²) < 4.78 is 1.76. The number of hydrogen-bond donors (Lipinski definition) is 2. The summed E-state index contributed by atoms with van der Waals surface area (Å²) in [6, 6.07) is 6.27. The van der Waals surface area contributed by atoms with Gasteiger partial charge in [0.05, 0.1) is 31.7 Å². The van der Waals surface area contributed by atoms with E-state index in [1.807, 2.05) is 0 Å². The second-order valence-electron chi connectivity index (χ2n) is 4.93. The third kappa shape index (κ3) is 4.04. The fraction of sp³-hybridized carbons (Fsp3) is 0.188. The molecule has 24 heavy (non-hydrogen) atoms. The molecule has 116 valence electrons. The molecule has 0 aliphatic carbocycles. The number of anilines is 1. The Hall–Kier alpha value is -2.11. The van der Waals surface area contributed by atoms with Gasteiger partial charge in [-0.05, 0) is 17.7 Å². The molecule has 0 spiro atoms. The first-order valence-electron chi connectivity index (χ1n) is 6.93. The van der Waals surface area contributed by atoms with Crippen molar-refractivity contribution in [2.24, 2.45) is 4.99 Å². The van der Waals surface area contributed by atoms with Crippen molar-refractivity contribution in [3.05, 3.63) is 47.4 Å². The molecule has 0 fully saturated rings. The normalized spacial score (nSPS) is 15.1. The number of carbonyl (C=O) groups is 1. The smallest absolute Gasteiger partial charge is 0.545 e. The Balaban J connectivity index is 0.00000208. The Kier molecular flexibility index (Phi) is 6.17. The van der Waals surface area contributed by atoms with Crippen LogP contribution < -0.4 is 40.0 Å². The van der Waals surface area contributed by atoms with E-state index in [1.54, 1.807) is 23.0 Å². The number of aliphatic imine (C=N–C) groups is 1. The van der Waals surface area contributed by atoms with E-state index in [0.29, 0.717) is 23.6 Å². The fourth-order valence-corrected chi connectivity index (χ4v) is 2.21. The molecule has 1 unspecified atom stereocenters. The molecule has 1 atom stereocenters. The number of fused-ring (bicyclic) bond motifs is 1. The van der Waals surface area contributed by atoms with Crippen LogP contribution in [-0.4, -0.2) is 33.5 Å². The van der Waals surface area contributed by atoms with Crippen molar-refractivity contribution in [3.8, 4) is 11.8 Å². The molecule has 8 heteroatoms. The van der Waals surface area contributed by atoms with Gasteiger partial charge in [0, 0.05) is 5.56 Å². The quantitative estimate of drug-likeness (QED) is 0.445. The van der Waals surface area contributed by atoms with Crippen LogP contribution in [0.5, 0.6) is 0 Å². The number of carboxylic acids is 1. The van der Waals surface area contributed by atoms with Crippen molar-refractivity contribution < 1.29 is 44.6 Å². The van der Waals surface area contributed by atoms with Gasteiger partial charge in [0.1, 0.15) is 17.6 Å². The second kappa shape index (κ2) is 8.13. The predicted octanol–water partition coefficient (Wildman–Crippen LogP) is -3.21. The van der Waals surface area contributed by atoms with E-state index in [1.165, 1.54) is 18.5 Å². The molecule has 1 aliphatic rings. The molecular formula is C16H13N4NaO3. The molecule has 1 aromatic heterocycles. The minimum atomic E-state index is -1.23. The maximum absolute atomic E-state index is 10.8. The van der Waals surface area contributed by atoms with Crippen LogP contribution in [0.1, 0.15) is 27.7 Å². The number of hydrogen-bond acceptors (Lipinski definition) is 6. The van der Waals surface area contributed by atoms with Crippen molar-refractivity contribution in [1.82, 2.24) is 9.55 Å². The number of rotatable bonds is 2.